The number of nitrogens with one attached hydrogen (secondary N) is 2. The quantitative estimate of drug-likeness (QED) is 0.0989. The van der Waals surface area contributed by atoms with Crippen molar-refractivity contribution in [3.05, 3.63) is 72.8 Å². The maximum absolute atomic E-state index is 14.6. The van der Waals surface area contributed by atoms with Crippen LogP contribution in [0, 0.1) is 0 Å². The molecule has 0 spiro atoms. The van der Waals surface area contributed by atoms with Crippen LogP contribution in [0.15, 0.2) is 92.4 Å². The lowest BCUT2D eigenvalue weighted by molar-refractivity contribution is 0.444. The van der Waals surface area contributed by atoms with Crippen LogP contribution in [0.3, 0.4) is 0 Å². The first-order valence-corrected chi connectivity index (χ1v) is 29.5. The standard InChI is InChI=1S/C48H54N12O8S4/c1-9-57(10-2)69(61,62)33-25-17-21-29-37(33)45-49-41(29)54-46-39-31(23-19-27-35(39)71(65,66)59(13-5)14-6)43(51-46)56-48-40-32(24-20-28-36(40)72(67,68)60(15-7)16-8)44(52-48)55-47-38-30(42(50-47)53-45)22-18-26-34(38)70(63,64)58(11-3)12-4/h17-28H,9-16H2,1-8H3,(H2,49,50,51,52,53,54,55,56). The van der Waals surface area contributed by atoms with Crippen LogP contribution in [0.4, 0.5) is 0 Å². The summed E-state index contributed by atoms with van der Waals surface area (Å²) in [5.74, 6) is -0.267. The predicted molar refractivity (Wildman–Crippen MR) is 276 cm³/mol. The molecule has 2 aliphatic heterocycles. The van der Waals surface area contributed by atoms with Gasteiger partial charge in [-0.3, -0.25) is 0 Å². The zero-order valence-electron chi connectivity index (χ0n) is 41.0. The zero-order chi connectivity index (χ0) is 51.7. The summed E-state index contributed by atoms with van der Waals surface area (Å²) >= 11 is 0. The number of nitrogens with zero attached hydrogens (tertiary/aromatic N) is 10. The number of fused-ring (bicyclic) bond motifs is 20. The molecule has 0 aliphatic carbocycles. The van der Waals surface area contributed by atoms with Crippen molar-refractivity contribution >= 4 is 84.2 Å². The highest BCUT2D eigenvalue weighted by atomic mass is 32.2. The normalized spacial score (nSPS) is 13.3. The molecule has 0 atom stereocenters. The molecule has 9 rings (SSSR count). The third-order valence-electron chi connectivity index (χ3n) is 13.1. The molecule has 72 heavy (non-hydrogen) atoms. The van der Waals surface area contributed by atoms with Crippen molar-refractivity contribution in [2.45, 2.75) is 75.0 Å². The number of hydrogen-bond donors (Lipinski definition) is 2. The molecule has 0 fully saturated rings. The van der Waals surface area contributed by atoms with Gasteiger partial charge in [-0.1, -0.05) is 104 Å². The van der Waals surface area contributed by atoms with Crippen LogP contribution in [-0.4, -0.2) is 143 Å². The molecule has 0 saturated carbocycles. The van der Waals surface area contributed by atoms with E-state index in [2.05, 4.69) is 9.97 Å². The monoisotopic (exact) mass is 1050 g/mol. The molecule has 3 aromatic heterocycles. The average Bonchev–Trinajstić information content (AvgIpc) is 4.10. The summed E-state index contributed by atoms with van der Waals surface area (Å²) in [6, 6.07) is 18.7. The highest BCUT2D eigenvalue weighted by Crippen LogP contribution is 2.43. The van der Waals surface area contributed by atoms with Gasteiger partial charge in [-0.2, -0.15) is 17.2 Å². The van der Waals surface area contributed by atoms with Crippen LogP contribution in [-0.2, 0) is 40.1 Å². The summed E-state index contributed by atoms with van der Waals surface area (Å²) in [4.78, 5) is 35.9. The van der Waals surface area contributed by atoms with E-state index in [4.69, 9.17) is 29.9 Å². The lowest BCUT2D eigenvalue weighted by Gasteiger charge is -2.20. The molecule has 8 bridgehead atoms. The van der Waals surface area contributed by atoms with Crippen LogP contribution in [0.5, 0.6) is 0 Å². The number of rotatable bonds is 16. The molecule has 0 unspecified atom stereocenters. The van der Waals surface area contributed by atoms with Crippen molar-refractivity contribution in [3.8, 4) is 45.6 Å². The Morgan fingerprint density at radius 1 is 0.347 bits per heavy atom. The van der Waals surface area contributed by atoms with Crippen molar-refractivity contribution in [3.63, 3.8) is 0 Å². The van der Waals surface area contributed by atoms with Gasteiger partial charge in [0.05, 0.1) is 30.7 Å². The fourth-order valence-corrected chi connectivity index (χ4v) is 16.2. The van der Waals surface area contributed by atoms with Crippen molar-refractivity contribution in [1.29, 1.82) is 0 Å². The number of benzene rings is 4. The fourth-order valence-electron chi connectivity index (χ4n) is 9.53. The van der Waals surface area contributed by atoms with E-state index in [-0.39, 0.29) is 162 Å². The molecule has 2 aliphatic rings. The number of sulfonamides is 4. The first kappa shape index (κ1) is 50.8. The zero-order valence-corrected chi connectivity index (χ0v) is 44.2. The summed E-state index contributed by atoms with van der Waals surface area (Å²) in [6.45, 7) is 15.1. The summed E-state index contributed by atoms with van der Waals surface area (Å²) in [5.41, 5.74) is 0.794. The molecule has 0 saturated heterocycles. The maximum atomic E-state index is 14.6. The van der Waals surface area contributed by atoms with Crippen LogP contribution in [0.2, 0.25) is 0 Å². The number of aromatic amines is 2. The Morgan fingerprint density at radius 2 is 0.625 bits per heavy atom. The van der Waals surface area contributed by atoms with Crippen LogP contribution in [0.1, 0.15) is 55.4 Å². The van der Waals surface area contributed by atoms with Crippen molar-refractivity contribution < 1.29 is 33.7 Å². The van der Waals surface area contributed by atoms with E-state index < -0.39 is 40.1 Å². The molecule has 0 radical (unpaired) electrons. The second-order valence-electron chi connectivity index (χ2n) is 16.7. The summed E-state index contributed by atoms with van der Waals surface area (Å²) in [7, 11) is -16.8. The Hall–Kier alpha value is -6.12. The Morgan fingerprint density at radius 3 is 0.944 bits per heavy atom. The van der Waals surface area contributed by atoms with E-state index in [1.54, 1.807) is 104 Å². The van der Waals surface area contributed by atoms with Gasteiger partial charge >= 0.3 is 0 Å². The predicted octanol–water partition coefficient (Wildman–Crippen LogP) is 6.99. The average molecular weight is 1060 g/mol. The van der Waals surface area contributed by atoms with Crippen LogP contribution in [0.25, 0.3) is 89.7 Å². The topological polar surface area (TPSA) is 258 Å². The molecule has 0 amide bonds. The lowest BCUT2D eigenvalue weighted by Crippen LogP contribution is -2.31. The summed E-state index contributed by atoms with van der Waals surface area (Å²) < 4.78 is 122. The van der Waals surface area contributed by atoms with Crippen molar-refractivity contribution in [2.24, 2.45) is 0 Å². The first-order chi connectivity index (χ1) is 34.4. The largest absolute Gasteiger partial charge is 0.324 e. The van der Waals surface area contributed by atoms with E-state index in [9.17, 15) is 33.7 Å². The second kappa shape index (κ2) is 19.1. The van der Waals surface area contributed by atoms with Crippen molar-refractivity contribution in [1.82, 2.24) is 57.1 Å². The van der Waals surface area contributed by atoms with Gasteiger partial charge in [-0.25, -0.2) is 63.6 Å². The maximum Gasteiger partial charge on any atom is 0.243 e. The van der Waals surface area contributed by atoms with E-state index in [1.165, 1.54) is 41.5 Å². The Balaban J connectivity index is 1.55. The highest BCUT2D eigenvalue weighted by molar-refractivity contribution is 7.90. The van der Waals surface area contributed by atoms with E-state index in [0.717, 1.165) is 0 Å². The fraction of sp³-hybridized carbons (Fsp3) is 0.333. The summed E-state index contributed by atoms with van der Waals surface area (Å²) in [5, 5.41) is 0.822. The van der Waals surface area contributed by atoms with Gasteiger partial charge in [0.2, 0.25) is 40.1 Å². The van der Waals surface area contributed by atoms with Gasteiger partial charge in [0.1, 0.15) is 22.6 Å². The van der Waals surface area contributed by atoms with Crippen LogP contribution < -0.4 is 0 Å². The number of H-pyrrole nitrogens is 2. The smallest absolute Gasteiger partial charge is 0.243 e. The van der Waals surface area contributed by atoms with Crippen LogP contribution >= 0.6 is 0 Å². The third-order valence-corrected chi connectivity index (χ3v) is 21.4. The SMILES string of the molecule is CCN(CC)S(=O)(=O)c1cccc2c1-c1nc-2nc2[nH]c(nc3nc(nc4[nH]c(n1)c1cccc(S(=O)(=O)N(CC)CC)c41)-c1cccc(S(=O)(=O)N(CC)CC)c1-3)c1cccc(S(=O)(=O)N(CC)CC)c21. The van der Waals surface area contributed by atoms with Crippen molar-refractivity contribution in [2.75, 3.05) is 52.4 Å². The molecule has 24 heteroatoms. The second-order valence-corrected chi connectivity index (χ2v) is 24.3. The van der Waals surface area contributed by atoms with E-state index in [0.29, 0.717) is 0 Å². The number of hydrogen-bond acceptors (Lipinski definition) is 14. The molecule has 5 heterocycles. The van der Waals surface area contributed by atoms with Gasteiger partial charge in [-0.15, -0.1) is 0 Å². The van der Waals surface area contributed by atoms with E-state index >= 15 is 0 Å². The Kier molecular flexibility index (Phi) is 13.4. The van der Waals surface area contributed by atoms with Gasteiger partial charge in [0.15, 0.2) is 23.3 Å². The molecule has 2 N–H and O–H groups in total. The van der Waals surface area contributed by atoms with Gasteiger partial charge in [-0.05, 0) is 24.3 Å². The minimum absolute atomic E-state index is 0.0132. The summed E-state index contributed by atoms with van der Waals surface area (Å²) in [6.07, 6.45) is 0. The minimum Gasteiger partial charge on any atom is -0.324 e. The van der Waals surface area contributed by atoms with Gasteiger partial charge < -0.3 is 9.97 Å². The first-order valence-electron chi connectivity index (χ1n) is 23.7. The molecule has 20 nitrogen and oxygen atoms in total. The van der Waals surface area contributed by atoms with E-state index in [1.807, 2.05) is 0 Å². The molecule has 378 valence electrons. The van der Waals surface area contributed by atoms with Gasteiger partial charge in [0, 0.05) is 85.0 Å². The Bertz CT molecular complexity index is 3720. The molecule has 4 aromatic carbocycles. The molecular weight excluding hydrogens is 1000 g/mol. The molecule has 7 aromatic rings. The lowest BCUT2D eigenvalue weighted by atomic mass is 10.1. The third kappa shape index (κ3) is 7.98. The number of aromatic nitrogens is 8. The highest BCUT2D eigenvalue weighted by Gasteiger charge is 2.35. The van der Waals surface area contributed by atoms with Gasteiger partial charge in [0.25, 0.3) is 0 Å². The molecular formula is C48H54N12O8S4. The Labute approximate surface area is 418 Å². The minimum atomic E-state index is -4.21.